The Kier molecular flexibility index (Phi) is 11.6. The van der Waals surface area contributed by atoms with E-state index in [2.05, 4.69) is 6.92 Å². The fraction of sp³-hybridized carbons (Fsp3) is 0.905. The molecule has 3 atom stereocenters. The zero-order valence-electron chi connectivity index (χ0n) is 16.0. The second kappa shape index (κ2) is 13.2. The molecule has 25 heavy (non-hydrogen) atoms. The van der Waals surface area contributed by atoms with Gasteiger partial charge in [-0.05, 0) is 37.5 Å². The van der Waals surface area contributed by atoms with Gasteiger partial charge in [0.05, 0.1) is 5.92 Å². The summed E-state index contributed by atoms with van der Waals surface area (Å²) in [5.74, 6) is -0.481. The average Bonchev–Trinajstić information content (AvgIpc) is 2.58. The number of unbranched alkanes of at least 4 members (excludes halogenated alkanes) is 7. The Labute approximate surface area is 153 Å². The highest BCUT2D eigenvalue weighted by Crippen LogP contribution is 2.39. The minimum atomic E-state index is -0.712. The number of carboxylic acid groups (broad SMARTS) is 2. The summed E-state index contributed by atoms with van der Waals surface area (Å²) in [5, 5.41) is 18.2. The second-order valence-electron chi connectivity index (χ2n) is 7.93. The molecule has 0 aromatic rings. The van der Waals surface area contributed by atoms with Crippen molar-refractivity contribution in [3.05, 3.63) is 0 Å². The van der Waals surface area contributed by atoms with E-state index in [1.54, 1.807) is 0 Å². The van der Waals surface area contributed by atoms with Gasteiger partial charge in [0.1, 0.15) is 0 Å². The highest BCUT2D eigenvalue weighted by Gasteiger charge is 2.34. The minimum absolute atomic E-state index is 0.142. The number of hydrogen-bond acceptors (Lipinski definition) is 2. The predicted octanol–water partition coefficient (Wildman–Crippen LogP) is 5.89. The van der Waals surface area contributed by atoms with E-state index < -0.39 is 11.9 Å². The summed E-state index contributed by atoms with van der Waals surface area (Å²) >= 11 is 0. The van der Waals surface area contributed by atoms with Crippen molar-refractivity contribution in [2.75, 3.05) is 0 Å². The lowest BCUT2D eigenvalue weighted by Crippen LogP contribution is -2.31. The first-order chi connectivity index (χ1) is 12.0. The van der Waals surface area contributed by atoms with Crippen LogP contribution >= 0.6 is 0 Å². The van der Waals surface area contributed by atoms with E-state index in [4.69, 9.17) is 5.11 Å². The first kappa shape index (κ1) is 22.0. The summed E-state index contributed by atoms with van der Waals surface area (Å²) in [6.45, 7) is 2.22. The maximum atomic E-state index is 11.7. The van der Waals surface area contributed by atoms with E-state index in [1.165, 1.54) is 38.5 Å². The Balaban J connectivity index is 2.21. The van der Waals surface area contributed by atoms with Crippen LogP contribution in [0.1, 0.15) is 103 Å². The molecule has 4 nitrogen and oxygen atoms in total. The van der Waals surface area contributed by atoms with Crippen molar-refractivity contribution < 1.29 is 19.8 Å². The first-order valence-corrected chi connectivity index (χ1v) is 10.5. The third-order valence-electron chi connectivity index (χ3n) is 5.85. The first-order valence-electron chi connectivity index (χ1n) is 10.5. The van der Waals surface area contributed by atoms with E-state index in [-0.39, 0.29) is 12.3 Å². The standard InChI is InChI=1S/C21H38O4/c1-2-3-4-8-11-17-14-15-18(19(16-17)21(24)25)12-9-6-5-7-10-13-20(22)23/h17-19H,2-16H2,1H3,(H,22,23)(H,24,25). The topological polar surface area (TPSA) is 74.6 Å². The molecule has 1 fully saturated rings. The fourth-order valence-electron chi connectivity index (χ4n) is 4.30. The van der Waals surface area contributed by atoms with E-state index in [0.29, 0.717) is 11.8 Å². The highest BCUT2D eigenvalue weighted by atomic mass is 16.4. The van der Waals surface area contributed by atoms with Gasteiger partial charge in [-0.15, -0.1) is 0 Å². The lowest BCUT2D eigenvalue weighted by Gasteiger charge is -2.34. The normalized spacial score (nSPS) is 23.5. The van der Waals surface area contributed by atoms with Crippen LogP contribution in [0.5, 0.6) is 0 Å². The van der Waals surface area contributed by atoms with Crippen molar-refractivity contribution in [2.45, 2.75) is 103 Å². The molecule has 0 bridgehead atoms. The van der Waals surface area contributed by atoms with Crippen LogP contribution in [-0.4, -0.2) is 22.2 Å². The lowest BCUT2D eigenvalue weighted by atomic mass is 9.71. The zero-order valence-corrected chi connectivity index (χ0v) is 16.0. The zero-order chi connectivity index (χ0) is 18.5. The van der Waals surface area contributed by atoms with Crippen molar-refractivity contribution in [2.24, 2.45) is 17.8 Å². The van der Waals surface area contributed by atoms with Crippen LogP contribution in [0.3, 0.4) is 0 Å². The molecule has 0 spiro atoms. The minimum Gasteiger partial charge on any atom is -0.481 e. The summed E-state index contributed by atoms with van der Waals surface area (Å²) in [6, 6.07) is 0. The van der Waals surface area contributed by atoms with Gasteiger partial charge in [-0.25, -0.2) is 0 Å². The van der Waals surface area contributed by atoms with Gasteiger partial charge in [0.15, 0.2) is 0 Å². The van der Waals surface area contributed by atoms with Crippen molar-refractivity contribution in [3.8, 4) is 0 Å². The number of hydrogen-bond donors (Lipinski definition) is 2. The van der Waals surface area contributed by atoms with E-state index >= 15 is 0 Å². The molecule has 1 aliphatic carbocycles. The monoisotopic (exact) mass is 354 g/mol. The fourth-order valence-corrected chi connectivity index (χ4v) is 4.30. The molecule has 3 unspecified atom stereocenters. The molecule has 0 aromatic carbocycles. The molecule has 0 aliphatic heterocycles. The predicted molar refractivity (Wildman–Crippen MR) is 101 cm³/mol. The van der Waals surface area contributed by atoms with Crippen LogP contribution in [0.25, 0.3) is 0 Å². The molecule has 0 heterocycles. The van der Waals surface area contributed by atoms with Crippen LogP contribution in [0, 0.1) is 17.8 Å². The molecule has 0 saturated heterocycles. The van der Waals surface area contributed by atoms with Crippen molar-refractivity contribution in [1.29, 1.82) is 0 Å². The summed E-state index contributed by atoms with van der Waals surface area (Å²) in [6.07, 6.45) is 15.7. The van der Waals surface area contributed by atoms with Gasteiger partial charge in [0.2, 0.25) is 0 Å². The van der Waals surface area contributed by atoms with Gasteiger partial charge in [-0.3, -0.25) is 9.59 Å². The number of carbonyl (C=O) groups is 2. The Hall–Kier alpha value is -1.06. The molecule has 1 rings (SSSR count). The van der Waals surface area contributed by atoms with Gasteiger partial charge >= 0.3 is 11.9 Å². The summed E-state index contributed by atoms with van der Waals surface area (Å²) in [4.78, 5) is 22.1. The Bertz CT molecular complexity index is 380. The maximum Gasteiger partial charge on any atom is 0.306 e. The summed E-state index contributed by atoms with van der Waals surface area (Å²) in [5.41, 5.74) is 0. The Morgan fingerprint density at radius 2 is 1.48 bits per heavy atom. The molecule has 0 aromatic heterocycles. The van der Waals surface area contributed by atoms with Gasteiger partial charge in [-0.2, -0.15) is 0 Å². The maximum absolute atomic E-state index is 11.7. The largest absolute Gasteiger partial charge is 0.481 e. The van der Waals surface area contributed by atoms with Gasteiger partial charge in [0, 0.05) is 6.42 Å². The average molecular weight is 355 g/mol. The Morgan fingerprint density at radius 1 is 0.840 bits per heavy atom. The van der Waals surface area contributed by atoms with Crippen LogP contribution in [0.15, 0.2) is 0 Å². The molecular weight excluding hydrogens is 316 g/mol. The van der Waals surface area contributed by atoms with Crippen molar-refractivity contribution in [3.63, 3.8) is 0 Å². The Morgan fingerprint density at radius 3 is 2.16 bits per heavy atom. The number of carboxylic acids is 2. The second-order valence-corrected chi connectivity index (χ2v) is 7.93. The molecule has 1 aliphatic rings. The van der Waals surface area contributed by atoms with E-state index in [1.807, 2.05) is 0 Å². The smallest absolute Gasteiger partial charge is 0.306 e. The molecule has 2 N–H and O–H groups in total. The number of aliphatic carboxylic acids is 2. The third kappa shape index (κ3) is 9.86. The van der Waals surface area contributed by atoms with Crippen LogP contribution in [0.2, 0.25) is 0 Å². The van der Waals surface area contributed by atoms with E-state index in [0.717, 1.165) is 51.4 Å². The van der Waals surface area contributed by atoms with E-state index in [9.17, 15) is 14.7 Å². The molecule has 1 saturated carbocycles. The van der Waals surface area contributed by atoms with Crippen molar-refractivity contribution in [1.82, 2.24) is 0 Å². The van der Waals surface area contributed by atoms with Crippen LogP contribution in [-0.2, 0) is 9.59 Å². The molecular formula is C21H38O4. The molecule has 0 radical (unpaired) electrons. The van der Waals surface area contributed by atoms with Gasteiger partial charge in [0.25, 0.3) is 0 Å². The molecule has 4 heteroatoms. The quantitative estimate of drug-likeness (QED) is 0.381. The summed E-state index contributed by atoms with van der Waals surface area (Å²) in [7, 11) is 0. The molecule has 146 valence electrons. The third-order valence-corrected chi connectivity index (χ3v) is 5.85. The van der Waals surface area contributed by atoms with Crippen LogP contribution in [0.4, 0.5) is 0 Å². The van der Waals surface area contributed by atoms with Gasteiger partial charge < -0.3 is 10.2 Å². The highest BCUT2D eigenvalue weighted by molar-refractivity contribution is 5.70. The molecule has 0 amide bonds. The van der Waals surface area contributed by atoms with Gasteiger partial charge in [-0.1, -0.05) is 71.1 Å². The van der Waals surface area contributed by atoms with Crippen LogP contribution < -0.4 is 0 Å². The SMILES string of the molecule is CCCCCCC1CCC(CCCCCCCC(=O)O)C(C(=O)O)C1. The summed E-state index contributed by atoms with van der Waals surface area (Å²) < 4.78 is 0. The van der Waals surface area contributed by atoms with Crippen molar-refractivity contribution >= 4 is 11.9 Å². The lowest BCUT2D eigenvalue weighted by molar-refractivity contribution is -0.146. The number of rotatable bonds is 14.